The van der Waals surface area contributed by atoms with Crippen LogP contribution in [0.2, 0.25) is 0 Å². The minimum Gasteiger partial charge on any atom is -0.379 e. The average Bonchev–Trinajstić information content (AvgIpc) is 1.55. The number of hydrogen-bond donors (Lipinski definition) is 8. The Morgan fingerprint density at radius 1 is 0.405 bits per heavy atom. The maximum atomic E-state index is 12.8. The molecule has 19 nitrogen and oxygen atoms in total. The minimum atomic E-state index is -0.627. The Kier molecular flexibility index (Phi) is 25.3. The molecule has 16 rings (SSSR count). The van der Waals surface area contributed by atoms with E-state index in [0.29, 0.717) is 67.3 Å². The van der Waals surface area contributed by atoms with Crippen molar-refractivity contribution in [3.05, 3.63) is 354 Å². The number of nitrogens with zero attached hydrogens (tertiary/aromatic N) is 2. The third-order valence-electron chi connectivity index (χ3n) is 19.2. The van der Waals surface area contributed by atoms with Crippen molar-refractivity contribution in [3.63, 3.8) is 0 Å². The summed E-state index contributed by atoms with van der Waals surface area (Å²) in [5, 5.41) is 15.5. The molecule has 8 N–H and O–H groups in total. The van der Waals surface area contributed by atoms with Gasteiger partial charge in [0, 0.05) is 135 Å². The lowest BCUT2D eigenvalue weighted by atomic mass is 9.98. The van der Waals surface area contributed by atoms with Crippen LogP contribution in [-0.2, 0) is 36.9 Å². The van der Waals surface area contributed by atoms with Crippen molar-refractivity contribution < 1.29 is 43.1 Å². The molecule has 556 valence electrons. The number of amides is 4. The average molecular weight is 1490 g/mol. The number of hydrogen-bond acceptors (Lipinski definition) is 11. The zero-order valence-electron chi connectivity index (χ0n) is 61.0. The van der Waals surface area contributed by atoms with Gasteiger partial charge in [0.1, 0.15) is 0 Å². The Morgan fingerprint density at radius 2 is 0.793 bits per heavy atom. The van der Waals surface area contributed by atoms with Crippen molar-refractivity contribution in [2.24, 2.45) is 0 Å². The summed E-state index contributed by atoms with van der Waals surface area (Å²) in [5.74, 6) is -3.80. The zero-order valence-corrected chi connectivity index (χ0v) is 61.8. The highest BCUT2D eigenvalue weighted by Crippen LogP contribution is 2.32. The molecule has 111 heavy (non-hydrogen) atoms. The number of thioether (sulfide) groups is 1. The molecule has 4 amide bonds. The Bertz CT molecular complexity index is 5690. The van der Waals surface area contributed by atoms with Gasteiger partial charge in [-0.15, -0.1) is 11.8 Å². The van der Waals surface area contributed by atoms with E-state index < -0.39 is 52.8 Å². The summed E-state index contributed by atoms with van der Waals surface area (Å²) in [5.41, 5.74) is 12.6. The van der Waals surface area contributed by atoms with E-state index >= 15 is 0 Å². The monoisotopic (exact) mass is 1490 g/mol. The molecule has 5 aromatic heterocycles. The van der Waals surface area contributed by atoms with E-state index in [1.165, 1.54) is 26.9 Å². The molecule has 1 fully saturated rings. The Balaban J connectivity index is 0.000000131. The summed E-state index contributed by atoms with van der Waals surface area (Å²) in [6.07, 6.45) is 9.26. The first-order chi connectivity index (χ1) is 54.3. The highest BCUT2D eigenvalue weighted by Gasteiger charge is 2.28. The molecule has 0 aliphatic carbocycles. The lowest BCUT2D eigenvalue weighted by molar-refractivity contribution is -0.118. The fraction of sp³-hybridized carbons (Fsp3) is 0.143. The van der Waals surface area contributed by atoms with Gasteiger partial charge in [0.2, 0.25) is 0 Å². The molecule has 0 saturated carbocycles. The molecule has 1 saturated heterocycles. The number of carbonyl (C=O) groups is 8. The van der Waals surface area contributed by atoms with Gasteiger partial charge in [-0.25, -0.2) is 0 Å². The highest BCUT2D eigenvalue weighted by molar-refractivity contribution is 7.99. The second-order valence-electron chi connectivity index (χ2n) is 26.6. The molecule has 6 heterocycles. The number of fused-ring (bicyclic) bond motifs is 5. The fourth-order valence-corrected chi connectivity index (χ4v) is 14.3. The van der Waals surface area contributed by atoms with Crippen LogP contribution in [0, 0.1) is 6.92 Å². The second kappa shape index (κ2) is 37.0. The van der Waals surface area contributed by atoms with E-state index in [9.17, 15) is 38.4 Å². The van der Waals surface area contributed by atoms with E-state index in [0.717, 1.165) is 85.5 Å². The molecule has 15 aromatic rings. The quantitative estimate of drug-likeness (QED) is 0.0122. The smallest absolute Gasteiger partial charge is 0.293 e. The number of para-hydroxylation sites is 5. The molecule has 10 aromatic carbocycles. The van der Waals surface area contributed by atoms with Gasteiger partial charge in [-0.2, -0.15) is 0 Å². The number of aryl methyl sites for hydroxylation is 1. The summed E-state index contributed by atoms with van der Waals surface area (Å²) in [6, 6.07) is 85.0. The van der Waals surface area contributed by atoms with Crippen LogP contribution in [0.15, 0.2) is 303 Å². The summed E-state index contributed by atoms with van der Waals surface area (Å²) in [4.78, 5) is 116. The van der Waals surface area contributed by atoms with Gasteiger partial charge in [0.05, 0.1) is 47.6 Å². The number of H-pyrrole nitrogens is 4. The molecule has 0 spiro atoms. The van der Waals surface area contributed by atoms with Gasteiger partial charge in [-0.1, -0.05) is 242 Å². The van der Waals surface area contributed by atoms with Crippen molar-refractivity contribution in [2.45, 2.75) is 36.9 Å². The normalized spacial score (nSPS) is 12.2. The molecule has 1 aliphatic rings. The summed E-state index contributed by atoms with van der Waals surface area (Å²) in [7, 11) is 0. The standard InChI is InChI=1S/C28H25N3O2S.C23H18N2O2.C22H23N3O3.C18H16N2O2/c1-19-10-12-20(13-11-19)17-31-18-26(22-7-3-5-9-25(22)31)34-15-14-29-28(33)27(32)23-16-30-24-8-4-2-6-21(23)24;26-22(19-15-24-20-14-8-7-13-18(19)20)23(27)25-21(16-9-3-1-4-10-16)17-11-5-2-6-12-17;26-21(18-14-23-19-9-5-4-8-17(18)19)22(27)24-20(16-6-2-1-3-7-16)15-25-10-12-28-13-11-25;21-17(15-12-20-16-9-5-4-8-14(15)16)18(22)19-11-10-13-6-2-1-3-7-13/h2-13,16,18,30H,14-15,17H2,1H3,(H,29,33);1-15,21,24H,(H,25,27);1-9,14,20,23H,10-13,15H2,(H,24,27);1-9,12,20H,10-11H2,(H,19,22). The third-order valence-corrected chi connectivity index (χ3v) is 20.2. The van der Waals surface area contributed by atoms with Crippen LogP contribution < -0.4 is 21.3 Å². The number of aromatic nitrogens is 5. The number of rotatable bonds is 24. The summed E-state index contributed by atoms with van der Waals surface area (Å²) < 4.78 is 7.67. The Hall–Kier alpha value is -13.3. The van der Waals surface area contributed by atoms with Crippen LogP contribution in [-0.4, -0.2) is 128 Å². The number of ketones is 4. The SMILES string of the molecule is Cc1ccc(Cn2cc(SCCNC(=O)C(=O)c3c[nH]c4ccccc34)c3ccccc32)cc1.O=C(NC(CN1CCOCC1)c1ccccc1)C(=O)c1c[nH]c2ccccc12.O=C(NC(c1ccccc1)c1ccccc1)C(=O)c1c[nH]c2ccccc12.O=C(NCCc1ccccc1)C(=O)c1c[nH]c2ccccc12. The lowest BCUT2D eigenvalue weighted by Gasteiger charge is -2.31. The van der Waals surface area contributed by atoms with E-state index in [4.69, 9.17) is 4.74 Å². The van der Waals surface area contributed by atoms with Gasteiger partial charge < -0.3 is 50.5 Å². The molecule has 20 heteroatoms. The first-order valence-electron chi connectivity index (χ1n) is 36.7. The molecular weight excluding hydrogens is 1410 g/mol. The molecular formula is C91H82N10O9S. The second-order valence-corrected chi connectivity index (χ2v) is 27.7. The van der Waals surface area contributed by atoms with Crippen molar-refractivity contribution in [2.75, 3.05) is 51.7 Å². The van der Waals surface area contributed by atoms with E-state index in [-0.39, 0.29) is 6.04 Å². The predicted octanol–water partition coefficient (Wildman–Crippen LogP) is 15.1. The molecule has 0 radical (unpaired) electrons. The number of morpholine rings is 1. The van der Waals surface area contributed by atoms with Crippen LogP contribution in [0.4, 0.5) is 0 Å². The maximum absolute atomic E-state index is 12.8. The van der Waals surface area contributed by atoms with Gasteiger partial charge in [-0.3, -0.25) is 43.3 Å². The first kappa shape index (κ1) is 75.9. The van der Waals surface area contributed by atoms with Gasteiger partial charge in [0.25, 0.3) is 46.8 Å². The van der Waals surface area contributed by atoms with Crippen molar-refractivity contribution >= 4 is 113 Å². The van der Waals surface area contributed by atoms with Crippen LogP contribution in [0.5, 0.6) is 0 Å². The Labute approximate surface area is 645 Å². The first-order valence-corrected chi connectivity index (χ1v) is 37.7. The minimum absolute atomic E-state index is 0.263. The number of ether oxygens (including phenoxy) is 1. The summed E-state index contributed by atoms with van der Waals surface area (Å²) >= 11 is 1.68. The van der Waals surface area contributed by atoms with Crippen molar-refractivity contribution in [3.8, 4) is 0 Å². The number of carbonyl (C=O) groups excluding carboxylic acids is 8. The fourth-order valence-electron chi connectivity index (χ4n) is 13.4. The maximum Gasteiger partial charge on any atom is 0.293 e. The number of aromatic amines is 4. The van der Waals surface area contributed by atoms with Crippen LogP contribution in [0.25, 0.3) is 54.5 Å². The van der Waals surface area contributed by atoms with Crippen LogP contribution in [0.3, 0.4) is 0 Å². The van der Waals surface area contributed by atoms with Gasteiger partial charge >= 0.3 is 0 Å². The van der Waals surface area contributed by atoms with Crippen molar-refractivity contribution in [1.82, 2.24) is 50.7 Å². The largest absolute Gasteiger partial charge is 0.379 e. The van der Waals surface area contributed by atoms with Crippen LogP contribution in [0.1, 0.15) is 86.9 Å². The lowest BCUT2D eigenvalue weighted by Crippen LogP contribution is -2.44. The third kappa shape index (κ3) is 19.2. The van der Waals surface area contributed by atoms with Gasteiger partial charge in [-0.05, 0) is 71.5 Å². The van der Waals surface area contributed by atoms with Crippen LogP contribution >= 0.6 is 11.8 Å². The molecule has 1 aliphatic heterocycles. The highest BCUT2D eigenvalue weighted by atomic mass is 32.2. The number of benzene rings is 10. The Morgan fingerprint density at radius 3 is 1.26 bits per heavy atom. The van der Waals surface area contributed by atoms with E-state index in [2.05, 4.69) is 106 Å². The van der Waals surface area contributed by atoms with E-state index in [1.54, 1.807) is 36.5 Å². The predicted molar refractivity (Wildman–Crippen MR) is 437 cm³/mol. The number of nitrogens with one attached hydrogen (secondary N) is 8. The number of Topliss-reactive ketones (excluding diaryl/α,β-unsaturated/α-hetero) is 4. The van der Waals surface area contributed by atoms with Crippen molar-refractivity contribution in [1.29, 1.82) is 0 Å². The topological polar surface area (TPSA) is 265 Å². The zero-order chi connectivity index (χ0) is 76.8. The van der Waals surface area contributed by atoms with E-state index in [1.807, 2.05) is 224 Å². The molecule has 1 atom stereocenters. The molecule has 1 unspecified atom stereocenters. The summed E-state index contributed by atoms with van der Waals surface area (Å²) in [6.45, 7) is 7.39. The molecule has 0 bridgehead atoms. The van der Waals surface area contributed by atoms with Gasteiger partial charge in [0.15, 0.2) is 0 Å².